The average Bonchev–Trinajstić information content (AvgIpc) is 3.29. The van der Waals surface area contributed by atoms with Gasteiger partial charge in [-0.2, -0.15) is 0 Å². The molecule has 0 unspecified atom stereocenters. The van der Waals surface area contributed by atoms with Gasteiger partial charge in [-0.25, -0.2) is 4.79 Å². The van der Waals surface area contributed by atoms with Crippen molar-refractivity contribution >= 4 is 17.7 Å². The van der Waals surface area contributed by atoms with Gasteiger partial charge in [0.1, 0.15) is 11.5 Å². The first kappa shape index (κ1) is 28.2. The van der Waals surface area contributed by atoms with Crippen LogP contribution in [0.3, 0.4) is 0 Å². The van der Waals surface area contributed by atoms with Gasteiger partial charge < -0.3 is 9.47 Å². The zero-order chi connectivity index (χ0) is 25.4. The lowest BCUT2D eigenvalue weighted by molar-refractivity contribution is -0.134. The molecule has 4 heteroatoms. The maximum absolute atomic E-state index is 12.3. The number of benzene rings is 1. The van der Waals surface area contributed by atoms with E-state index in [4.69, 9.17) is 9.47 Å². The van der Waals surface area contributed by atoms with Crippen LogP contribution in [0.4, 0.5) is 0 Å². The molecule has 0 aromatic heterocycles. The van der Waals surface area contributed by atoms with Crippen LogP contribution in [0, 0.1) is 0 Å². The number of unbranched alkanes of at least 4 members (excludes halogenated alkanes) is 12. The van der Waals surface area contributed by atoms with Gasteiger partial charge in [0.05, 0.1) is 5.57 Å². The highest BCUT2D eigenvalue weighted by atomic mass is 16.5. The third-order valence-corrected chi connectivity index (χ3v) is 7.39. The fraction of sp³-hybridized carbons (Fsp3) is 0.625. The van der Waals surface area contributed by atoms with Gasteiger partial charge in [-0.05, 0) is 62.4 Å². The SMILES string of the molecule is CCCCCCCCCCCCCCCC(=O)Oc1ccc(C2=CC(=C3CCCCC3)C(=O)O2)cc1. The van der Waals surface area contributed by atoms with Crippen LogP contribution >= 0.6 is 0 Å². The van der Waals surface area contributed by atoms with Crippen molar-refractivity contribution in [3.05, 3.63) is 47.1 Å². The standard InChI is InChI=1S/C32H46O4/c1-2-3-4-5-6-7-8-9-10-11-12-13-17-20-31(33)35-28-23-21-27(22-24-28)30-25-29(32(34)36-30)26-18-15-14-16-19-26/h21-25H,2-20H2,1H3. The molecule has 36 heavy (non-hydrogen) atoms. The van der Waals surface area contributed by atoms with Gasteiger partial charge in [0, 0.05) is 12.0 Å². The maximum Gasteiger partial charge on any atom is 0.343 e. The Kier molecular flexibility index (Phi) is 12.9. The minimum atomic E-state index is -0.241. The zero-order valence-electron chi connectivity index (χ0n) is 22.5. The molecule has 0 amide bonds. The summed E-state index contributed by atoms with van der Waals surface area (Å²) in [6.45, 7) is 2.27. The molecular formula is C32H46O4. The molecule has 0 radical (unpaired) electrons. The number of hydrogen-bond acceptors (Lipinski definition) is 4. The van der Waals surface area contributed by atoms with E-state index in [9.17, 15) is 9.59 Å². The molecule has 198 valence electrons. The summed E-state index contributed by atoms with van der Waals surface area (Å²) in [7, 11) is 0. The Labute approximate surface area is 218 Å². The molecule has 1 aromatic carbocycles. The van der Waals surface area contributed by atoms with Crippen LogP contribution < -0.4 is 4.74 Å². The van der Waals surface area contributed by atoms with E-state index in [0.717, 1.165) is 49.7 Å². The lowest BCUT2D eigenvalue weighted by atomic mass is 9.91. The Morgan fingerprint density at radius 1 is 0.778 bits per heavy atom. The van der Waals surface area contributed by atoms with E-state index in [1.807, 2.05) is 18.2 Å². The Morgan fingerprint density at radius 3 is 1.92 bits per heavy atom. The Morgan fingerprint density at radius 2 is 1.33 bits per heavy atom. The summed E-state index contributed by atoms with van der Waals surface area (Å²) in [5.74, 6) is 0.698. The summed E-state index contributed by atoms with van der Waals surface area (Å²) >= 11 is 0. The predicted molar refractivity (Wildman–Crippen MR) is 147 cm³/mol. The number of hydrogen-bond donors (Lipinski definition) is 0. The van der Waals surface area contributed by atoms with Crippen molar-refractivity contribution in [2.45, 2.75) is 129 Å². The molecule has 4 nitrogen and oxygen atoms in total. The number of carbonyl (C=O) groups is 2. The van der Waals surface area contributed by atoms with Gasteiger partial charge in [0.2, 0.25) is 0 Å². The second-order valence-electron chi connectivity index (χ2n) is 10.5. The Balaban J connectivity index is 1.27. The molecule has 1 heterocycles. The zero-order valence-corrected chi connectivity index (χ0v) is 22.5. The largest absolute Gasteiger partial charge is 0.427 e. The summed E-state index contributed by atoms with van der Waals surface area (Å²) in [6.07, 6.45) is 24.6. The molecular weight excluding hydrogens is 448 g/mol. The first-order valence-electron chi connectivity index (χ1n) is 14.6. The highest BCUT2D eigenvalue weighted by molar-refractivity contribution is 6.02. The topological polar surface area (TPSA) is 52.6 Å². The van der Waals surface area contributed by atoms with Crippen LogP contribution in [-0.4, -0.2) is 11.9 Å². The van der Waals surface area contributed by atoms with Crippen LogP contribution in [0.1, 0.15) is 134 Å². The second-order valence-corrected chi connectivity index (χ2v) is 10.5. The number of cyclic esters (lactones) is 1. The van der Waals surface area contributed by atoms with Crippen molar-refractivity contribution in [2.24, 2.45) is 0 Å². The van der Waals surface area contributed by atoms with Crippen molar-refractivity contribution in [1.82, 2.24) is 0 Å². The number of esters is 2. The van der Waals surface area contributed by atoms with Gasteiger partial charge in [-0.15, -0.1) is 0 Å². The van der Waals surface area contributed by atoms with Gasteiger partial charge in [0.15, 0.2) is 0 Å². The predicted octanol–water partition coefficient (Wildman–Crippen LogP) is 9.23. The quantitative estimate of drug-likeness (QED) is 0.0994. The van der Waals surface area contributed by atoms with Crippen LogP contribution in [0.15, 0.2) is 41.5 Å². The van der Waals surface area contributed by atoms with Crippen LogP contribution in [0.2, 0.25) is 0 Å². The minimum absolute atomic E-state index is 0.179. The molecule has 0 saturated heterocycles. The number of carbonyl (C=O) groups excluding carboxylic acids is 2. The van der Waals surface area contributed by atoms with Crippen molar-refractivity contribution in [3.8, 4) is 5.75 Å². The van der Waals surface area contributed by atoms with Crippen LogP contribution in [0.5, 0.6) is 5.75 Å². The van der Waals surface area contributed by atoms with E-state index < -0.39 is 0 Å². The average molecular weight is 495 g/mol. The summed E-state index contributed by atoms with van der Waals surface area (Å²) in [4.78, 5) is 24.5. The van der Waals surface area contributed by atoms with Crippen molar-refractivity contribution in [3.63, 3.8) is 0 Å². The Bertz CT molecular complexity index is 870. The van der Waals surface area contributed by atoms with E-state index in [1.54, 1.807) is 12.1 Å². The fourth-order valence-corrected chi connectivity index (χ4v) is 5.17. The normalized spacial score (nSPS) is 15.7. The molecule has 1 aliphatic carbocycles. The smallest absolute Gasteiger partial charge is 0.343 e. The molecule has 0 spiro atoms. The lowest BCUT2D eigenvalue weighted by Gasteiger charge is -2.14. The third kappa shape index (κ3) is 9.95. The van der Waals surface area contributed by atoms with Crippen molar-refractivity contribution in [1.29, 1.82) is 0 Å². The highest BCUT2D eigenvalue weighted by Gasteiger charge is 2.25. The van der Waals surface area contributed by atoms with E-state index in [-0.39, 0.29) is 11.9 Å². The molecule has 1 fully saturated rings. The van der Waals surface area contributed by atoms with Crippen LogP contribution in [0.25, 0.3) is 5.76 Å². The molecule has 1 aromatic rings. The van der Waals surface area contributed by atoms with Crippen molar-refractivity contribution < 1.29 is 19.1 Å². The Hall–Kier alpha value is -2.36. The number of ether oxygens (including phenoxy) is 2. The van der Waals surface area contributed by atoms with Crippen molar-refractivity contribution in [2.75, 3.05) is 0 Å². The second kappa shape index (κ2) is 16.4. The summed E-state index contributed by atoms with van der Waals surface area (Å²) in [5, 5.41) is 0. The molecule has 1 saturated carbocycles. The maximum atomic E-state index is 12.3. The highest BCUT2D eigenvalue weighted by Crippen LogP contribution is 2.34. The first-order valence-corrected chi connectivity index (χ1v) is 14.6. The lowest BCUT2D eigenvalue weighted by Crippen LogP contribution is -2.07. The summed E-state index contributed by atoms with van der Waals surface area (Å²) in [6, 6.07) is 7.25. The molecule has 0 atom stereocenters. The molecule has 0 bridgehead atoms. The summed E-state index contributed by atoms with van der Waals surface area (Å²) in [5.41, 5.74) is 2.78. The third-order valence-electron chi connectivity index (χ3n) is 7.39. The molecule has 0 N–H and O–H groups in total. The minimum Gasteiger partial charge on any atom is -0.427 e. The number of allylic oxidation sites excluding steroid dienone is 1. The molecule has 1 aliphatic heterocycles. The van der Waals surface area contributed by atoms with E-state index in [2.05, 4.69) is 6.92 Å². The van der Waals surface area contributed by atoms with E-state index in [0.29, 0.717) is 17.9 Å². The van der Waals surface area contributed by atoms with Gasteiger partial charge in [-0.3, -0.25) is 4.79 Å². The van der Waals surface area contributed by atoms with E-state index in [1.165, 1.54) is 82.6 Å². The number of rotatable bonds is 16. The fourth-order valence-electron chi connectivity index (χ4n) is 5.17. The van der Waals surface area contributed by atoms with Crippen LogP contribution in [-0.2, 0) is 14.3 Å². The molecule has 3 rings (SSSR count). The van der Waals surface area contributed by atoms with Gasteiger partial charge in [-0.1, -0.05) is 96.0 Å². The first-order chi connectivity index (χ1) is 17.7. The van der Waals surface area contributed by atoms with Gasteiger partial charge in [0.25, 0.3) is 0 Å². The van der Waals surface area contributed by atoms with E-state index >= 15 is 0 Å². The van der Waals surface area contributed by atoms with Gasteiger partial charge >= 0.3 is 11.9 Å². The molecule has 2 aliphatic rings. The summed E-state index contributed by atoms with van der Waals surface area (Å²) < 4.78 is 11.0. The monoisotopic (exact) mass is 494 g/mol.